The third kappa shape index (κ3) is 1.61. The molecule has 2 rings (SSSR count). The predicted octanol–water partition coefficient (Wildman–Crippen LogP) is 2.23. The number of hydrogen-bond acceptors (Lipinski definition) is 2. The van der Waals surface area contributed by atoms with Crippen molar-refractivity contribution in [1.29, 1.82) is 0 Å². The van der Waals surface area contributed by atoms with E-state index in [1.165, 1.54) is 5.56 Å². The lowest BCUT2D eigenvalue weighted by Gasteiger charge is -2.02. The Balaban J connectivity index is 2.66. The van der Waals surface area contributed by atoms with Crippen molar-refractivity contribution in [2.45, 2.75) is 13.3 Å². The Kier molecular flexibility index (Phi) is 2.46. The Morgan fingerprint density at radius 2 is 2.27 bits per heavy atom. The van der Waals surface area contributed by atoms with Crippen LogP contribution in [0, 0.1) is 6.92 Å². The van der Waals surface area contributed by atoms with Gasteiger partial charge in [-0.3, -0.25) is 0 Å². The number of ether oxygens (including phenoxy) is 1. The van der Waals surface area contributed by atoms with Crippen molar-refractivity contribution in [1.82, 2.24) is 4.98 Å². The molecule has 0 saturated carbocycles. The summed E-state index contributed by atoms with van der Waals surface area (Å²) in [6.07, 6.45) is 1.31. The van der Waals surface area contributed by atoms with Gasteiger partial charge >= 0.3 is 0 Å². The van der Waals surface area contributed by atoms with Gasteiger partial charge in [0, 0.05) is 17.5 Å². The van der Waals surface area contributed by atoms with Crippen LogP contribution in [-0.4, -0.2) is 18.4 Å². The zero-order valence-electron chi connectivity index (χ0n) is 8.83. The maximum Gasteiger partial charge on any atom is 0.142 e. The van der Waals surface area contributed by atoms with Crippen LogP contribution in [-0.2, 0) is 11.2 Å². The summed E-state index contributed by atoms with van der Waals surface area (Å²) in [5, 5.41) is 1.12. The number of aromatic amines is 1. The zero-order valence-corrected chi connectivity index (χ0v) is 8.83. The van der Waals surface area contributed by atoms with E-state index in [0.29, 0.717) is 6.42 Å². The maximum atomic E-state index is 10.4. The van der Waals surface area contributed by atoms with Gasteiger partial charge in [0.05, 0.1) is 12.6 Å². The molecule has 1 heterocycles. The number of hydrogen-bond donors (Lipinski definition) is 1. The van der Waals surface area contributed by atoms with Crippen molar-refractivity contribution >= 4 is 17.2 Å². The predicted molar refractivity (Wildman–Crippen MR) is 59.4 cm³/mol. The topological polar surface area (TPSA) is 42.1 Å². The van der Waals surface area contributed by atoms with E-state index in [-0.39, 0.29) is 0 Å². The van der Waals surface area contributed by atoms with E-state index in [1.807, 2.05) is 25.1 Å². The Bertz CT molecular complexity index is 500. The largest absolute Gasteiger partial charge is 0.495 e. The van der Waals surface area contributed by atoms with Crippen molar-refractivity contribution in [3.05, 3.63) is 29.5 Å². The molecule has 0 unspecified atom stereocenters. The molecule has 0 saturated heterocycles. The summed E-state index contributed by atoms with van der Waals surface area (Å²) >= 11 is 0. The van der Waals surface area contributed by atoms with Crippen LogP contribution in [0.4, 0.5) is 0 Å². The van der Waals surface area contributed by atoms with Crippen LogP contribution in [0.5, 0.6) is 5.75 Å². The second-order valence-corrected chi connectivity index (χ2v) is 3.54. The number of aromatic nitrogens is 1. The molecule has 1 N–H and O–H groups in total. The van der Waals surface area contributed by atoms with Gasteiger partial charge in [-0.2, -0.15) is 0 Å². The molecular weight excluding hydrogens is 190 g/mol. The number of benzene rings is 1. The average Bonchev–Trinajstić information content (AvgIpc) is 2.64. The number of methoxy groups -OCH3 is 1. The fourth-order valence-corrected chi connectivity index (χ4v) is 1.76. The summed E-state index contributed by atoms with van der Waals surface area (Å²) in [6.45, 7) is 2.04. The first kappa shape index (κ1) is 9.77. The average molecular weight is 203 g/mol. The Labute approximate surface area is 88.1 Å². The first-order chi connectivity index (χ1) is 7.26. The minimum Gasteiger partial charge on any atom is -0.495 e. The molecule has 1 aromatic heterocycles. The fourth-order valence-electron chi connectivity index (χ4n) is 1.76. The molecule has 78 valence electrons. The minimum atomic E-state index is 0.414. The number of rotatable bonds is 3. The van der Waals surface area contributed by atoms with Crippen molar-refractivity contribution in [3.8, 4) is 5.75 Å². The molecule has 3 nitrogen and oxygen atoms in total. The molecule has 0 atom stereocenters. The molecule has 0 spiro atoms. The summed E-state index contributed by atoms with van der Waals surface area (Å²) in [7, 11) is 1.64. The summed E-state index contributed by atoms with van der Waals surface area (Å²) in [5.74, 6) is 0.813. The van der Waals surface area contributed by atoms with Crippen LogP contribution >= 0.6 is 0 Å². The van der Waals surface area contributed by atoms with Crippen molar-refractivity contribution < 1.29 is 9.53 Å². The third-order valence-corrected chi connectivity index (χ3v) is 2.55. The van der Waals surface area contributed by atoms with Gasteiger partial charge in [0.2, 0.25) is 0 Å². The Morgan fingerprint density at radius 1 is 1.47 bits per heavy atom. The smallest absolute Gasteiger partial charge is 0.142 e. The van der Waals surface area contributed by atoms with Gasteiger partial charge in [-0.05, 0) is 24.6 Å². The van der Waals surface area contributed by atoms with Crippen molar-refractivity contribution in [3.63, 3.8) is 0 Å². The molecule has 0 fully saturated rings. The second kappa shape index (κ2) is 3.77. The highest BCUT2D eigenvalue weighted by Gasteiger charge is 2.07. The highest BCUT2D eigenvalue weighted by atomic mass is 16.5. The number of fused-ring (bicyclic) bond motifs is 1. The van der Waals surface area contributed by atoms with Gasteiger partial charge in [-0.25, -0.2) is 0 Å². The van der Waals surface area contributed by atoms with Crippen LogP contribution < -0.4 is 4.74 Å². The monoisotopic (exact) mass is 203 g/mol. The number of aldehydes is 1. The number of H-pyrrole nitrogens is 1. The first-order valence-electron chi connectivity index (χ1n) is 4.85. The fraction of sp³-hybridized carbons (Fsp3) is 0.250. The molecular formula is C12H13NO2. The van der Waals surface area contributed by atoms with Gasteiger partial charge in [0.25, 0.3) is 0 Å². The molecule has 1 aromatic carbocycles. The molecule has 0 aliphatic heterocycles. The normalized spacial score (nSPS) is 10.5. The summed E-state index contributed by atoms with van der Waals surface area (Å²) in [6, 6.07) is 5.94. The summed E-state index contributed by atoms with van der Waals surface area (Å²) < 4.78 is 5.25. The van der Waals surface area contributed by atoms with Gasteiger partial charge < -0.3 is 14.5 Å². The van der Waals surface area contributed by atoms with Crippen molar-refractivity contribution in [2.75, 3.05) is 7.11 Å². The Hall–Kier alpha value is -1.77. The number of carbonyl (C=O) groups excluding carboxylic acids is 1. The lowest BCUT2D eigenvalue weighted by atomic mass is 10.1. The number of nitrogens with one attached hydrogen (secondary N) is 1. The van der Waals surface area contributed by atoms with Crippen LogP contribution in [0.15, 0.2) is 18.2 Å². The van der Waals surface area contributed by atoms with Gasteiger partial charge in [-0.15, -0.1) is 0 Å². The Morgan fingerprint density at radius 3 is 2.93 bits per heavy atom. The molecule has 0 amide bonds. The van der Waals surface area contributed by atoms with E-state index in [2.05, 4.69) is 4.98 Å². The third-order valence-electron chi connectivity index (χ3n) is 2.55. The highest BCUT2D eigenvalue weighted by molar-refractivity contribution is 5.89. The molecule has 0 aliphatic rings. The number of aryl methyl sites for hydroxylation is 1. The lowest BCUT2D eigenvalue weighted by Crippen LogP contribution is -1.86. The summed E-state index contributed by atoms with van der Waals surface area (Å²) in [4.78, 5) is 13.6. The van der Waals surface area contributed by atoms with Gasteiger partial charge in [-0.1, -0.05) is 6.07 Å². The highest BCUT2D eigenvalue weighted by Crippen LogP contribution is 2.28. The van der Waals surface area contributed by atoms with Gasteiger partial charge in [0.1, 0.15) is 12.0 Å². The molecule has 2 aromatic rings. The van der Waals surface area contributed by atoms with Crippen LogP contribution in [0.2, 0.25) is 0 Å². The molecule has 0 radical (unpaired) electrons. The number of carbonyl (C=O) groups is 1. The quantitative estimate of drug-likeness (QED) is 0.777. The molecule has 0 aliphatic carbocycles. The van der Waals surface area contributed by atoms with E-state index in [0.717, 1.165) is 28.6 Å². The minimum absolute atomic E-state index is 0.414. The zero-order chi connectivity index (χ0) is 10.8. The summed E-state index contributed by atoms with van der Waals surface area (Å²) in [5.41, 5.74) is 3.07. The van der Waals surface area contributed by atoms with E-state index in [1.54, 1.807) is 7.11 Å². The van der Waals surface area contributed by atoms with Gasteiger partial charge in [0.15, 0.2) is 0 Å². The van der Waals surface area contributed by atoms with E-state index < -0.39 is 0 Å². The molecule has 3 heteroatoms. The SMILES string of the molecule is COc1ccc(C)c2cc(CC=O)[nH]c12. The standard InChI is InChI=1S/C12H13NO2/c1-8-3-4-11(15-2)12-10(8)7-9(13-12)5-6-14/h3-4,6-7,13H,5H2,1-2H3. The van der Waals surface area contributed by atoms with E-state index in [9.17, 15) is 4.79 Å². The lowest BCUT2D eigenvalue weighted by molar-refractivity contribution is -0.107. The maximum absolute atomic E-state index is 10.4. The van der Waals surface area contributed by atoms with Crippen molar-refractivity contribution in [2.24, 2.45) is 0 Å². The second-order valence-electron chi connectivity index (χ2n) is 3.54. The van der Waals surface area contributed by atoms with Crippen LogP contribution in [0.1, 0.15) is 11.3 Å². The van der Waals surface area contributed by atoms with Crippen LogP contribution in [0.25, 0.3) is 10.9 Å². The first-order valence-corrected chi connectivity index (χ1v) is 4.85. The molecule has 0 bridgehead atoms. The van der Waals surface area contributed by atoms with E-state index >= 15 is 0 Å². The molecule has 15 heavy (non-hydrogen) atoms. The van der Waals surface area contributed by atoms with E-state index in [4.69, 9.17) is 4.74 Å². The van der Waals surface area contributed by atoms with Crippen LogP contribution in [0.3, 0.4) is 0 Å².